The van der Waals surface area contributed by atoms with E-state index in [0.29, 0.717) is 35.1 Å². The molecule has 1 aliphatic heterocycles. The van der Waals surface area contributed by atoms with Crippen molar-refractivity contribution < 1.29 is 14.4 Å². The zero-order valence-corrected chi connectivity index (χ0v) is 21.2. The predicted octanol–water partition coefficient (Wildman–Crippen LogP) is 5.44. The van der Waals surface area contributed by atoms with Crippen LogP contribution in [-0.2, 0) is 16.1 Å². The molecule has 0 aliphatic carbocycles. The van der Waals surface area contributed by atoms with Gasteiger partial charge in [0.1, 0.15) is 6.04 Å². The molecule has 1 N–H and O–H groups in total. The van der Waals surface area contributed by atoms with Crippen LogP contribution in [0.15, 0.2) is 54.6 Å². The number of hydrogen-bond donors (Lipinski definition) is 1. The lowest BCUT2D eigenvalue weighted by Crippen LogP contribution is -2.47. The molecule has 8 heteroatoms. The number of nitrogens with zero attached hydrogens (tertiary/aromatic N) is 2. The first kappa shape index (κ1) is 25.0. The molecule has 0 unspecified atom stereocenters. The maximum absolute atomic E-state index is 13.3. The highest BCUT2D eigenvalue weighted by Gasteiger charge is 2.30. The summed E-state index contributed by atoms with van der Waals surface area (Å²) in [5.74, 6) is -0.442. The molecule has 1 aliphatic rings. The normalized spacial score (nSPS) is 13.3. The molecule has 0 saturated carbocycles. The second-order valence-corrected chi connectivity index (χ2v) is 9.40. The van der Waals surface area contributed by atoms with Crippen LogP contribution in [-0.4, -0.2) is 41.8 Å². The fraction of sp³-hybridized carbons (Fsp3) is 0.296. The molecule has 0 saturated heterocycles. The third-order valence-electron chi connectivity index (χ3n) is 6.28. The minimum Gasteiger partial charge on any atom is -0.355 e. The fourth-order valence-corrected chi connectivity index (χ4v) is 4.79. The number of amides is 3. The molecule has 4 rings (SSSR count). The molecule has 35 heavy (non-hydrogen) atoms. The van der Waals surface area contributed by atoms with Gasteiger partial charge in [0, 0.05) is 37.0 Å². The van der Waals surface area contributed by atoms with E-state index < -0.39 is 6.04 Å². The van der Waals surface area contributed by atoms with E-state index in [1.807, 2.05) is 43.3 Å². The van der Waals surface area contributed by atoms with Crippen molar-refractivity contribution >= 4 is 57.4 Å². The number of hydrogen-bond acceptors (Lipinski definition) is 3. The van der Waals surface area contributed by atoms with Crippen molar-refractivity contribution in [1.82, 2.24) is 10.2 Å². The average molecular weight is 512 g/mol. The summed E-state index contributed by atoms with van der Waals surface area (Å²) in [5.41, 5.74) is 2.34. The highest BCUT2D eigenvalue weighted by atomic mass is 35.5. The Morgan fingerprint density at radius 1 is 1.06 bits per heavy atom. The van der Waals surface area contributed by atoms with Crippen LogP contribution in [0.2, 0.25) is 10.0 Å². The molecule has 3 aromatic carbocycles. The van der Waals surface area contributed by atoms with Crippen molar-refractivity contribution in [1.29, 1.82) is 0 Å². The summed E-state index contributed by atoms with van der Waals surface area (Å²) in [6, 6.07) is 16.1. The molecule has 3 amide bonds. The number of nitrogens with one attached hydrogen (secondary N) is 1. The van der Waals surface area contributed by atoms with Crippen molar-refractivity contribution in [3.8, 4) is 0 Å². The van der Waals surface area contributed by atoms with E-state index in [4.69, 9.17) is 23.2 Å². The van der Waals surface area contributed by atoms with Gasteiger partial charge in [-0.15, -0.1) is 0 Å². The van der Waals surface area contributed by atoms with E-state index in [2.05, 4.69) is 5.32 Å². The number of rotatable bonds is 9. The van der Waals surface area contributed by atoms with Gasteiger partial charge in [0.05, 0.1) is 15.7 Å². The Morgan fingerprint density at radius 3 is 2.51 bits per heavy atom. The first-order valence-corrected chi connectivity index (χ1v) is 12.4. The number of anilines is 1. The second-order valence-electron chi connectivity index (χ2n) is 8.58. The summed E-state index contributed by atoms with van der Waals surface area (Å²) in [6.45, 7) is 4.65. The van der Waals surface area contributed by atoms with Gasteiger partial charge in [-0.25, -0.2) is 0 Å². The van der Waals surface area contributed by atoms with E-state index in [1.54, 1.807) is 34.9 Å². The highest BCUT2D eigenvalue weighted by molar-refractivity contribution is 6.42. The van der Waals surface area contributed by atoms with E-state index in [-0.39, 0.29) is 30.7 Å². The van der Waals surface area contributed by atoms with Gasteiger partial charge < -0.3 is 15.1 Å². The summed E-state index contributed by atoms with van der Waals surface area (Å²) in [7, 11) is 0. The van der Waals surface area contributed by atoms with Crippen LogP contribution in [0.1, 0.15) is 42.6 Å². The average Bonchev–Trinajstić information content (AvgIpc) is 3.12. The minimum atomic E-state index is -0.664. The zero-order valence-electron chi connectivity index (χ0n) is 19.7. The summed E-state index contributed by atoms with van der Waals surface area (Å²) in [5, 5.41) is 5.58. The van der Waals surface area contributed by atoms with Crippen LogP contribution in [0.25, 0.3) is 10.8 Å². The molecule has 0 aromatic heterocycles. The van der Waals surface area contributed by atoms with Crippen LogP contribution in [0.5, 0.6) is 0 Å². The Labute approximate surface area is 214 Å². The van der Waals surface area contributed by atoms with E-state index in [1.165, 1.54) is 0 Å². The Balaban J connectivity index is 1.47. The molecule has 0 radical (unpaired) electrons. The lowest BCUT2D eigenvalue weighted by Gasteiger charge is -2.29. The molecule has 0 spiro atoms. The number of likely N-dealkylation sites (N-methyl/N-ethyl adjacent to an activating group) is 1. The third-order valence-corrected chi connectivity index (χ3v) is 7.02. The number of carbonyl (C=O) groups is 3. The van der Waals surface area contributed by atoms with Crippen LogP contribution in [0.3, 0.4) is 0 Å². The summed E-state index contributed by atoms with van der Waals surface area (Å²) in [6.07, 6.45) is 0.663. The maximum atomic E-state index is 13.3. The Bertz CT molecular complexity index is 1290. The molecular weight excluding hydrogens is 485 g/mol. The number of halogens is 2. The molecule has 182 valence electrons. The van der Waals surface area contributed by atoms with Crippen molar-refractivity contribution in [2.75, 3.05) is 18.0 Å². The summed E-state index contributed by atoms with van der Waals surface area (Å²) >= 11 is 12.2. The number of benzene rings is 3. The summed E-state index contributed by atoms with van der Waals surface area (Å²) < 4.78 is 0. The van der Waals surface area contributed by atoms with E-state index in [9.17, 15) is 14.4 Å². The molecule has 0 fully saturated rings. The summed E-state index contributed by atoms with van der Waals surface area (Å²) in [4.78, 5) is 42.1. The fourth-order valence-electron chi connectivity index (χ4n) is 4.47. The third kappa shape index (κ3) is 5.14. The van der Waals surface area contributed by atoms with Crippen molar-refractivity contribution in [2.24, 2.45) is 0 Å². The van der Waals surface area contributed by atoms with Crippen molar-refractivity contribution in [3.63, 3.8) is 0 Å². The monoisotopic (exact) mass is 511 g/mol. The minimum absolute atomic E-state index is 0.0485. The van der Waals surface area contributed by atoms with Crippen LogP contribution >= 0.6 is 23.2 Å². The van der Waals surface area contributed by atoms with Crippen molar-refractivity contribution in [3.05, 3.63) is 75.8 Å². The van der Waals surface area contributed by atoms with Gasteiger partial charge in [-0.3, -0.25) is 14.4 Å². The lowest BCUT2D eigenvalue weighted by atomic mass is 10.1. The van der Waals surface area contributed by atoms with Gasteiger partial charge in [0.15, 0.2) is 0 Å². The van der Waals surface area contributed by atoms with Crippen molar-refractivity contribution in [2.45, 2.75) is 39.3 Å². The lowest BCUT2D eigenvalue weighted by molar-refractivity contribution is -0.140. The first-order valence-electron chi connectivity index (χ1n) is 11.7. The molecule has 1 heterocycles. The molecule has 3 aromatic rings. The maximum Gasteiger partial charge on any atom is 0.258 e. The van der Waals surface area contributed by atoms with Gasteiger partial charge in [0.25, 0.3) is 5.91 Å². The van der Waals surface area contributed by atoms with E-state index in [0.717, 1.165) is 22.0 Å². The SMILES string of the molecule is CCNC(=O)[C@@H](C)N(Cc1ccc(Cl)c(Cl)c1)C(=O)CCCN1C(=O)c2cccc3cccc1c23. The zero-order chi connectivity index (χ0) is 25.1. The highest BCUT2D eigenvalue weighted by Crippen LogP contribution is 2.37. The molecule has 1 atom stereocenters. The van der Waals surface area contributed by atoms with Gasteiger partial charge >= 0.3 is 0 Å². The Morgan fingerprint density at radius 2 is 1.80 bits per heavy atom. The first-order chi connectivity index (χ1) is 16.8. The molecule has 0 bridgehead atoms. The second kappa shape index (κ2) is 10.7. The van der Waals surface area contributed by atoms with Crippen LogP contribution in [0, 0.1) is 0 Å². The molecular formula is C27H27Cl2N3O3. The quantitative estimate of drug-likeness (QED) is 0.415. The standard InChI is InChI=1S/C27H27Cl2N3O3/c1-3-30-26(34)17(2)32(16-18-12-13-21(28)22(29)15-18)24(33)11-6-14-31-23-10-5-8-19-7-4-9-20(25(19)23)27(31)35/h4-5,7-10,12-13,15,17H,3,6,11,14,16H2,1-2H3,(H,30,34)/t17-/m1/s1. The van der Waals surface area contributed by atoms with E-state index >= 15 is 0 Å². The largest absolute Gasteiger partial charge is 0.355 e. The molecule has 6 nitrogen and oxygen atoms in total. The number of carbonyl (C=O) groups excluding carboxylic acids is 3. The van der Waals surface area contributed by atoms with Gasteiger partial charge in [-0.1, -0.05) is 53.5 Å². The Kier molecular flexibility index (Phi) is 7.63. The Hall–Kier alpha value is -3.09. The smallest absolute Gasteiger partial charge is 0.258 e. The topological polar surface area (TPSA) is 69.7 Å². The van der Waals surface area contributed by atoms with Gasteiger partial charge in [-0.05, 0) is 55.5 Å². The van der Waals surface area contributed by atoms with Crippen LogP contribution in [0.4, 0.5) is 5.69 Å². The predicted molar refractivity (Wildman–Crippen MR) is 140 cm³/mol. The van der Waals surface area contributed by atoms with Gasteiger partial charge in [-0.2, -0.15) is 0 Å². The van der Waals surface area contributed by atoms with Crippen LogP contribution < -0.4 is 10.2 Å². The van der Waals surface area contributed by atoms with Gasteiger partial charge in [0.2, 0.25) is 11.8 Å².